The normalized spacial score (nSPS) is 10.1. The van der Waals surface area contributed by atoms with Crippen molar-refractivity contribution < 1.29 is 19.4 Å². The molecule has 0 unspecified atom stereocenters. The van der Waals surface area contributed by atoms with Crippen molar-refractivity contribution in [3.8, 4) is 17.8 Å². The van der Waals surface area contributed by atoms with Gasteiger partial charge in [-0.2, -0.15) is 9.97 Å². The number of aromatic nitrogens is 3. The van der Waals surface area contributed by atoms with E-state index in [0.29, 0.717) is 5.75 Å². The van der Waals surface area contributed by atoms with E-state index in [1.165, 1.54) is 18.6 Å². The lowest BCUT2D eigenvalue weighted by Gasteiger charge is -2.02. The zero-order valence-electron chi connectivity index (χ0n) is 8.95. The molecule has 0 fully saturated rings. The molecule has 0 spiro atoms. The Bertz CT molecular complexity index is 589. The third-order valence-electron chi connectivity index (χ3n) is 1.74. The first kappa shape index (κ1) is 12.5. The van der Waals surface area contributed by atoms with Crippen molar-refractivity contribution in [2.45, 2.75) is 0 Å². The maximum atomic E-state index is 10.7. The molecule has 0 saturated carbocycles. The standard InChI is InChI=1S/C9H6ClN3O4S/c1-16-8-11-7(10)12-9(13-8)17-4-2-5(6(14)15)18-3-4/h2-3H,1H3,(H,14,15). The van der Waals surface area contributed by atoms with Gasteiger partial charge in [-0.1, -0.05) is 0 Å². The van der Waals surface area contributed by atoms with Crippen LogP contribution in [0.1, 0.15) is 9.67 Å². The minimum atomic E-state index is -1.03. The zero-order valence-corrected chi connectivity index (χ0v) is 10.5. The monoisotopic (exact) mass is 287 g/mol. The van der Waals surface area contributed by atoms with Crippen LogP contribution < -0.4 is 9.47 Å². The lowest BCUT2D eigenvalue weighted by molar-refractivity contribution is 0.0702. The molecule has 1 N–H and O–H groups in total. The summed E-state index contributed by atoms with van der Waals surface area (Å²) in [4.78, 5) is 22.1. The lowest BCUT2D eigenvalue weighted by atomic mass is 10.4. The summed E-state index contributed by atoms with van der Waals surface area (Å²) in [5.74, 6) is -0.720. The number of carboxylic acids is 1. The number of nitrogens with zero attached hydrogens (tertiary/aromatic N) is 3. The fraction of sp³-hybridized carbons (Fsp3) is 0.111. The molecule has 0 aliphatic rings. The van der Waals surface area contributed by atoms with Crippen LogP contribution in [0.2, 0.25) is 5.28 Å². The highest BCUT2D eigenvalue weighted by Crippen LogP contribution is 2.26. The fourth-order valence-corrected chi connectivity index (χ4v) is 1.83. The maximum absolute atomic E-state index is 10.7. The maximum Gasteiger partial charge on any atom is 0.346 e. The summed E-state index contributed by atoms with van der Waals surface area (Å²) in [6.45, 7) is 0. The number of carbonyl (C=O) groups is 1. The average Bonchev–Trinajstić information content (AvgIpc) is 2.76. The molecule has 0 saturated heterocycles. The molecular formula is C9H6ClN3O4S. The van der Waals surface area contributed by atoms with Gasteiger partial charge in [0.15, 0.2) is 0 Å². The molecule has 0 aromatic carbocycles. The van der Waals surface area contributed by atoms with Gasteiger partial charge in [-0.15, -0.1) is 16.3 Å². The molecule has 0 aliphatic heterocycles. The van der Waals surface area contributed by atoms with E-state index in [2.05, 4.69) is 15.0 Å². The van der Waals surface area contributed by atoms with E-state index in [9.17, 15) is 4.79 Å². The van der Waals surface area contributed by atoms with Crippen LogP contribution in [0.5, 0.6) is 17.8 Å². The van der Waals surface area contributed by atoms with Crippen LogP contribution in [0.3, 0.4) is 0 Å². The highest BCUT2D eigenvalue weighted by molar-refractivity contribution is 7.12. The second-order valence-corrected chi connectivity index (χ2v) is 4.18. The number of hydrogen-bond acceptors (Lipinski definition) is 7. The number of aromatic carboxylic acids is 1. The Kier molecular flexibility index (Phi) is 3.58. The molecule has 0 radical (unpaired) electrons. The van der Waals surface area contributed by atoms with Crippen molar-refractivity contribution in [2.24, 2.45) is 0 Å². The van der Waals surface area contributed by atoms with E-state index in [4.69, 9.17) is 26.2 Å². The number of methoxy groups -OCH3 is 1. The molecule has 7 nitrogen and oxygen atoms in total. The first-order chi connectivity index (χ1) is 8.58. The highest BCUT2D eigenvalue weighted by Gasteiger charge is 2.11. The summed E-state index contributed by atoms with van der Waals surface area (Å²) in [6, 6.07) is 1.30. The Morgan fingerprint density at radius 3 is 2.72 bits per heavy atom. The third kappa shape index (κ3) is 2.84. The van der Waals surface area contributed by atoms with Gasteiger partial charge in [-0.25, -0.2) is 4.79 Å². The minimum Gasteiger partial charge on any atom is -0.477 e. The van der Waals surface area contributed by atoms with E-state index >= 15 is 0 Å². The average molecular weight is 288 g/mol. The van der Waals surface area contributed by atoms with E-state index in [-0.39, 0.29) is 22.2 Å². The minimum absolute atomic E-state index is 0.0127. The Labute approximate surface area is 110 Å². The lowest BCUT2D eigenvalue weighted by Crippen LogP contribution is -1.98. The van der Waals surface area contributed by atoms with Crippen molar-refractivity contribution >= 4 is 28.9 Å². The van der Waals surface area contributed by atoms with Crippen molar-refractivity contribution in [3.63, 3.8) is 0 Å². The van der Waals surface area contributed by atoms with Crippen LogP contribution in [0.4, 0.5) is 0 Å². The molecular weight excluding hydrogens is 282 g/mol. The Hall–Kier alpha value is -1.93. The first-order valence-electron chi connectivity index (χ1n) is 4.53. The highest BCUT2D eigenvalue weighted by atomic mass is 35.5. The number of carboxylic acid groups (broad SMARTS) is 1. The van der Waals surface area contributed by atoms with Crippen LogP contribution in [0.25, 0.3) is 0 Å². The Morgan fingerprint density at radius 2 is 2.11 bits per heavy atom. The van der Waals surface area contributed by atoms with Crippen LogP contribution in [-0.4, -0.2) is 33.1 Å². The van der Waals surface area contributed by atoms with E-state index in [0.717, 1.165) is 11.3 Å². The van der Waals surface area contributed by atoms with Crippen LogP contribution in [0.15, 0.2) is 11.4 Å². The third-order valence-corrected chi connectivity index (χ3v) is 2.81. The molecule has 0 aliphatic carbocycles. The quantitative estimate of drug-likeness (QED) is 0.920. The SMILES string of the molecule is COc1nc(Cl)nc(Oc2csc(C(=O)O)c2)n1. The summed E-state index contributed by atoms with van der Waals surface area (Å²) < 4.78 is 10.1. The number of halogens is 1. The van der Waals surface area contributed by atoms with Gasteiger partial charge >= 0.3 is 18.0 Å². The smallest absolute Gasteiger partial charge is 0.346 e. The van der Waals surface area contributed by atoms with Gasteiger partial charge in [0.1, 0.15) is 10.6 Å². The van der Waals surface area contributed by atoms with Gasteiger partial charge < -0.3 is 14.6 Å². The van der Waals surface area contributed by atoms with Crippen molar-refractivity contribution in [3.05, 3.63) is 21.6 Å². The van der Waals surface area contributed by atoms with Gasteiger partial charge in [0, 0.05) is 11.4 Å². The molecule has 2 aromatic rings. The molecule has 0 amide bonds. The van der Waals surface area contributed by atoms with Crippen LogP contribution in [0, 0.1) is 0 Å². The van der Waals surface area contributed by atoms with Gasteiger partial charge in [0.05, 0.1) is 7.11 Å². The van der Waals surface area contributed by atoms with E-state index < -0.39 is 5.97 Å². The topological polar surface area (TPSA) is 94.4 Å². The van der Waals surface area contributed by atoms with Crippen LogP contribution >= 0.6 is 22.9 Å². The predicted molar refractivity (Wildman–Crippen MR) is 62.7 cm³/mol. The predicted octanol–water partition coefficient (Wildman–Crippen LogP) is 2.09. The number of ether oxygens (including phenoxy) is 2. The summed E-state index contributed by atoms with van der Waals surface area (Å²) in [5.41, 5.74) is 0. The van der Waals surface area contributed by atoms with Crippen molar-refractivity contribution in [1.82, 2.24) is 15.0 Å². The molecule has 2 heterocycles. The molecule has 18 heavy (non-hydrogen) atoms. The van der Waals surface area contributed by atoms with Crippen molar-refractivity contribution in [2.75, 3.05) is 7.11 Å². The molecule has 9 heteroatoms. The largest absolute Gasteiger partial charge is 0.477 e. The summed E-state index contributed by atoms with van der Waals surface area (Å²) in [6.07, 6.45) is 0. The molecule has 94 valence electrons. The number of hydrogen-bond donors (Lipinski definition) is 1. The molecule has 0 atom stereocenters. The van der Waals surface area contributed by atoms with Gasteiger partial charge in [0.2, 0.25) is 5.28 Å². The summed E-state index contributed by atoms with van der Waals surface area (Å²) in [5, 5.41) is 10.2. The number of thiophene rings is 1. The summed E-state index contributed by atoms with van der Waals surface area (Å²) in [7, 11) is 1.38. The van der Waals surface area contributed by atoms with Crippen molar-refractivity contribution in [1.29, 1.82) is 0 Å². The Morgan fingerprint density at radius 1 is 1.39 bits per heavy atom. The van der Waals surface area contributed by atoms with Crippen LogP contribution in [-0.2, 0) is 0 Å². The number of rotatable bonds is 4. The zero-order chi connectivity index (χ0) is 13.1. The van der Waals surface area contributed by atoms with Gasteiger partial charge in [-0.05, 0) is 11.6 Å². The van der Waals surface area contributed by atoms with Gasteiger partial charge in [0.25, 0.3) is 0 Å². The molecule has 2 aromatic heterocycles. The van der Waals surface area contributed by atoms with E-state index in [1.54, 1.807) is 0 Å². The Balaban J connectivity index is 2.22. The summed E-state index contributed by atoms with van der Waals surface area (Å²) >= 11 is 6.67. The van der Waals surface area contributed by atoms with Gasteiger partial charge in [-0.3, -0.25) is 0 Å². The van der Waals surface area contributed by atoms with E-state index in [1.807, 2.05) is 0 Å². The first-order valence-corrected chi connectivity index (χ1v) is 5.79. The molecule has 0 bridgehead atoms. The molecule has 2 rings (SSSR count). The second-order valence-electron chi connectivity index (χ2n) is 2.93. The second kappa shape index (κ2) is 5.15. The fourth-order valence-electron chi connectivity index (χ4n) is 1.04.